The van der Waals surface area contributed by atoms with Gasteiger partial charge in [-0.1, -0.05) is 6.92 Å². The van der Waals surface area contributed by atoms with E-state index in [1.165, 1.54) is 6.42 Å². The van der Waals surface area contributed by atoms with E-state index in [9.17, 15) is 4.79 Å². The summed E-state index contributed by atoms with van der Waals surface area (Å²) in [6, 6.07) is 7.88. The summed E-state index contributed by atoms with van der Waals surface area (Å²) in [6.07, 6.45) is 3.81. The van der Waals surface area contributed by atoms with Crippen LogP contribution in [0.1, 0.15) is 32.6 Å². The summed E-state index contributed by atoms with van der Waals surface area (Å²) in [5.41, 5.74) is 0.826. The zero-order valence-corrected chi connectivity index (χ0v) is 11.4. The van der Waals surface area contributed by atoms with Crippen LogP contribution in [0.15, 0.2) is 24.3 Å². The number of nitrogens with one attached hydrogen (secondary N) is 2. The van der Waals surface area contributed by atoms with Crippen LogP contribution in [0.5, 0.6) is 5.75 Å². The summed E-state index contributed by atoms with van der Waals surface area (Å²) < 4.78 is 5.50. The van der Waals surface area contributed by atoms with Crippen molar-refractivity contribution in [2.45, 2.75) is 38.6 Å². The topological polar surface area (TPSA) is 50.4 Å². The maximum atomic E-state index is 11.8. The Kier molecular flexibility index (Phi) is 5.21. The first-order valence-corrected chi connectivity index (χ1v) is 7.04. The fraction of sp³-hybridized carbons (Fsp3) is 0.533. The zero-order chi connectivity index (χ0) is 13.5. The molecular weight excluding hydrogens is 240 g/mol. The van der Waals surface area contributed by atoms with Crippen molar-refractivity contribution in [1.29, 1.82) is 0 Å². The lowest BCUT2D eigenvalue weighted by Crippen LogP contribution is -2.27. The number of hydrogen-bond donors (Lipinski definition) is 2. The number of ether oxygens (including phenoxy) is 1. The van der Waals surface area contributed by atoms with Crippen LogP contribution in [0, 0.1) is 0 Å². The predicted molar refractivity (Wildman–Crippen MR) is 76.5 cm³/mol. The molecule has 1 amide bonds. The van der Waals surface area contributed by atoms with Crippen LogP contribution in [0.25, 0.3) is 0 Å². The summed E-state index contributed by atoms with van der Waals surface area (Å²) >= 11 is 0. The molecule has 104 valence electrons. The molecule has 4 nitrogen and oxygen atoms in total. The van der Waals surface area contributed by atoms with Gasteiger partial charge in [0, 0.05) is 18.2 Å². The average Bonchev–Trinajstić information content (AvgIpc) is 2.90. The molecule has 1 aromatic carbocycles. The summed E-state index contributed by atoms with van der Waals surface area (Å²) in [6.45, 7) is 3.83. The van der Waals surface area contributed by atoms with Gasteiger partial charge in [-0.2, -0.15) is 0 Å². The maximum Gasteiger partial charge on any atom is 0.225 e. The highest BCUT2D eigenvalue weighted by molar-refractivity contribution is 5.91. The molecule has 1 saturated heterocycles. The van der Waals surface area contributed by atoms with Crippen molar-refractivity contribution in [1.82, 2.24) is 5.32 Å². The van der Waals surface area contributed by atoms with Crippen LogP contribution in [0.4, 0.5) is 5.69 Å². The molecule has 0 radical (unpaired) electrons. The molecule has 4 heteroatoms. The number of rotatable bonds is 6. The molecule has 0 aromatic heterocycles. The molecule has 1 heterocycles. The lowest BCUT2D eigenvalue weighted by molar-refractivity contribution is -0.116. The highest BCUT2D eigenvalue weighted by atomic mass is 16.5. The van der Waals surface area contributed by atoms with Crippen LogP contribution < -0.4 is 15.4 Å². The number of anilines is 1. The molecule has 0 bridgehead atoms. The van der Waals surface area contributed by atoms with Gasteiger partial charge in [0.15, 0.2) is 0 Å². The highest BCUT2D eigenvalue weighted by Gasteiger charge is 2.17. The molecule has 1 aromatic rings. The normalized spacial score (nSPS) is 18.3. The fourth-order valence-electron chi connectivity index (χ4n) is 2.22. The van der Waals surface area contributed by atoms with Crippen molar-refractivity contribution in [2.75, 3.05) is 18.5 Å². The Morgan fingerprint density at radius 1 is 1.42 bits per heavy atom. The van der Waals surface area contributed by atoms with Gasteiger partial charge in [-0.05, 0) is 50.1 Å². The van der Waals surface area contributed by atoms with Gasteiger partial charge in [-0.15, -0.1) is 0 Å². The highest BCUT2D eigenvalue weighted by Crippen LogP contribution is 2.17. The van der Waals surface area contributed by atoms with Crippen molar-refractivity contribution in [3.63, 3.8) is 0 Å². The number of hydrogen-bond acceptors (Lipinski definition) is 3. The molecule has 1 fully saturated rings. The lowest BCUT2D eigenvalue weighted by Gasteiger charge is -2.11. The van der Waals surface area contributed by atoms with Crippen LogP contribution in [0.2, 0.25) is 0 Å². The third kappa shape index (κ3) is 4.56. The Bertz CT molecular complexity index is 397. The van der Waals surface area contributed by atoms with Crippen molar-refractivity contribution < 1.29 is 9.53 Å². The molecule has 1 aliphatic rings. The Balaban J connectivity index is 1.79. The Morgan fingerprint density at radius 2 is 2.21 bits per heavy atom. The van der Waals surface area contributed by atoms with Crippen LogP contribution in [0.3, 0.4) is 0 Å². The number of amides is 1. The molecule has 19 heavy (non-hydrogen) atoms. The molecule has 1 atom stereocenters. The molecule has 0 spiro atoms. The van der Waals surface area contributed by atoms with E-state index in [1.807, 2.05) is 24.3 Å². The second kappa shape index (κ2) is 7.14. The smallest absolute Gasteiger partial charge is 0.225 e. The van der Waals surface area contributed by atoms with Gasteiger partial charge in [0.2, 0.25) is 5.91 Å². The third-order valence-corrected chi connectivity index (χ3v) is 3.21. The van der Waals surface area contributed by atoms with E-state index in [0.717, 1.165) is 37.4 Å². The second-order valence-electron chi connectivity index (χ2n) is 4.92. The Morgan fingerprint density at radius 3 is 2.84 bits per heavy atom. The third-order valence-electron chi connectivity index (χ3n) is 3.21. The van der Waals surface area contributed by atoms with E-state index in [4.69, 9.17) is 4.74 Å². The van der Waals surface area contributed by atoms with E-state index in [-0.39, 0.29) is 5.91 Å². The van der Waals surface area contributed by atoms with Crippen LogP contribution in [-0.4, -0.2) is 25.1 Å². The monoisotopic (exact) mass is 262 g/mol. The molecule has 0 saturated carbocycles. The number of benzene rings is 1. The lowest BCUT2D eigenvalue weighted by atomic mass is 10.1. The standard InChI is InChI=1S/C15H22N2O2/c1-2-10-19-14-7-5-12(6-8-14)17-15(18)11-13-4-3-9-16-13/h5-8,13,16H,2-4,9-11H2,1H3,(H,17,18). The van der Waals surface area contributed by atoms with Gasteiger partial charge >= 0.3 is 0 Å². The van der Waals surface area contributed by atoms with Crippen molar-refractivity contribution in [2.24, 2.45) is 0 Å². The Labute approximate surface area is 114 Å². The quantitative estimate of drug-likeness (QED) is 0.828. The summed E-state index contributed by atoms with van der Waals surface area (Å²) in [7, 11) is 0. The molecule has 0 aliphatic carbocycles. The molecular formula is C15H22N2O2. The second-order valence-corrected chi connectivity index (χ2v) is 4.92. The van der Waals surface area contributed by atoms with E-state index < -0.39 is 0 Å². The van der Waals surface area contributed by atoms with Gasteiger partial charge in [-0.25, -0.2) is 0 Å². The van der Waals surface area contributed by atoms with Gasteiger partial charge in [0.25, 0.3) is 0 Å². The van der Waals surface area contributed by atoms with Crippen molar-refractivity contribution in [3.05, 3.63) is 24.3 Å². The first-order valence-electron chi connectivity index (χ1n) is 7.04. The molecule has 1 aliphatic heterocycles. The first kappa shape index (κ1) is 13.9. The SMILES string of the molecule is CCCOc1ccc(NC(=O)CC2CCCN2)cc1. The minimum Gasteiger partial charge on any atom is -0.494 e. The summed E-state index contributed by atoms with van der Waals surface area (Å²) in [4.78, 5) is 11.8. The van der Waals surface area contributed by atoms with Gasteiger partial charge < -0.3 is 15.4 Å². The minimum atomic E-state index is 0.0710. The minimum absolute atomic E-state index is 0.0710. The predicted octanol–water partition coefficient (Wildman–Crippen LogP) is 2.56. The molecule has 2 N–H and O–H groups in total. The van der Waals surface area contributed by atoms with Gasteiger partial charge in [0.05, 0.1) is 6.61 Å². The van der Waals surface area contributed by atoms with E-state index in [1.54, 1.807) is 0 Å². The zero-order valence-electron chi connectivity index (χ0n) is 11.4. The number of carbonyl (C=O) groups is 1. The molecule has 1 unspecified atom stereocenters. The maximum absolute atomic E-state index is 11.8. The van der Waals surface area contributed by atoms with E-state index in [2.05, 4.69) is 17.6 Å². The van der Waals surface area contributed by atoms with Crippen molar-refractivity contribution in [3.8, 4) is 5.75 Å². The van der Waals surface area contributed by atoms with Crippen LogP contribution in [-0.2, 0) is 4.79 Å². The average molecular weight is 262 g/mol. The van der Waals surface area contributed by atoms with Crippen molar-refractivity contribution >= 4 is 11.6 Å². The van der Waals surface area contributed by atoms with Gasteiger partial charge in [-0.3, -0.25) is 4.79 Å². The van der Waals surface area contributed by atoms with Gasteiger partial charge in [0.1, 0.15) is 5.75 Å². The Hall–Kier alpha value is -1.55. The van der Waals surface area contributed by atoms with Crippen LogP contribution >= 0.6 is 0 Å². The largest absolute Gasteiger partial charge is 0.494 e. The summed E-state index contributed by atoms with van der Waals surface area (Å²) in [5, 5.41) is 6.24. The van der Waals surface area contributed by atoms with E-state index >= 15 is 0 Å². The first-order chi connectivity index (χ1) is 9.28. The van der Waals surface area contributed by atoms with E-state index in [0.29, 0.717) is 12.5 Å². The summed E-state index contributed by atoms with van der Waals surface area (Å²) in [5.74, 6) is 0.916. The molecule has 2 rings (SSSR count). The number of carbonyl (C=O) groups excluding carboxylic acids is 1. The fourth-order valence-corrected chi connectivity index (χ4v) is 2.22.